The Kier molecular flexibility index (Phi) is 6.43. The number of aromatic nitrogens is 3. The van der Waals surface area contributed by atoms with Gasteiger partial charge in [-0.3, -0.25) is 4.79 Å². The number of hydrogen-bond acceptors (Lipinski definition) is 5. The summed E-state index contributed by atoms with van der Waals surface area (Å²) in [4.78, 5) is 12.6. The highest BCUT2D eigenvalue weighted by atomic mass is 32.2. The highest BCUT2D eigenvalue weighted by molar-refractivity contribution is 8.00. The van der Waals surface area contributed by atoms with E-state index in [1.807, 2.05) is 62.6 Å². The van der Waals surface area contributed by atoms with E-state index in [9.17, 15) is 10.1 Å². The third-order valence-corrected chi connectivity index (χ3v) is 5.57. The van der Waals surface area contributed by atoms with Gasteiger partial charge in [0, 0.05) is 12.1 Å². The Labute approximate surface area is 159 Å². The van der Waals surface area contributed by atoms with E-state index in [0.717, 1.165) is 11.4 Å². The van der Waals surface area contributed by atoms with Gasteiger partial charge in [0.05, 0.1) is 11.3 Å². The predicted molar refractivity (Wildman–Crippen MR) is 103 cm³/mol. The largest absolute Gasteiger partial charge is 0.337 e. The van der Waals surface area contributed by atoms with E-state index in [1.165, 1.54) is 11.8 Å². The summed E-state index contributed by atoms with van der Waals surface area (Å²) in [6, 6.07) is 12.1. The second-order valence-corrected chi connectivity index (χ2v) is 7.94. The van der Waals surface area contributed by atoms with Crippen LogP contribution in [0.15, 0.2) is 35.5 Å². The molecule has 0 aliphatic heterocycles. The molecule has 26 heavy (non-hydrogen) atoms. The van der Waals surface area contributed by atoms with Crippen LogP contribution in [-0.4, -0.2) is 31.5 Å². The number of thioether (sulfide) groups is 1. The van der Waals surface area contributed by atoms with E-state index >= 15 is 0 Å². The maximum atomic E-state index is 12.6. The van der Waals surface area contributed by atoms with Gasteiger partial charge in [0.2, 0.25) is 5.91 Å². The normalized spacial score (nSPS) is 14.5. The van der Waals surface area contributed by atoms with Crippen LogP contribution in [0, 0.1) is 17.2 Å². The Morgan fingerprint density at radius 3 is 2.50 bits per heavy atom. The summed E-state index contributed by atoms with van der Waals surface area (Å²) in [6.45, 7) is 10.1. The van der Waals surface area contributed by atoms with Crippen LogP contribution < -0.4 is 5.32 Å². The summed E-state index contributed by atoms with van der Waals surface area (Å²) in [6.07, 6.45) is 0. The van der Waals surface area contributed by atoms with E-state index in [0.29, 0.717) is 11.7 Å². The fourth-order valence-electron chi connectivity index (χ4n) is 2.33. The molecule has 1 aromatic heterocycles. The van der Waals surface area contributed by atoms with E-state index in [2.05, 4.69) is 21.6 Å². The second-order valence-electron chi connectivity index (χ2n) is 6.63. The van der Waals surface area contributed by atoms with E-state index in [-0.39, 0.29) is 17.1 Å². The van der Waals surface area contributed by atoms with Crippen LogP contribution in [0.5, 0.6) is 0 Å². The zero-order valence-corrected chi connectivity index (χ0v) is 16.7. The third-order valence-electron chi connectivity index (χ3n) is 4.49. The summed E-state index contributed by atoms with van der Waals surface area (Å²) in [5, 5.41) is 21.1. The van der Waals surface area contributed by atoms with Crippen LogP contribution in [0.25, 0.3) is 11.4 Å². The van der Waals surface area contributed by atoms with E-state index in [1.54, 1.807) is 6.92 Å². The van der Waals surface area contributed by atoms with Crippen molar-refractivity contribution in [3.63, 3.8) is 0 Å². The van der Waals surface area contributed by atoms with Crippen molar-refractivity contribution in [1.29, 1.82) is 5.26 Å². The number of carbonyl (C=O) groups excluding carboxylic acids is 1. The Balaban J connectivity index is 2.17. The first-order chi connectivity index (χ1) is 12.3. The van der Waals surface area contributed by atoms with Crippen LogP contribution >= 0.6 is 11.8 Å². The molecule has 2 rings (SSSR count). The van der Waals surface area contributed by atoms with Crippen LogP contribution in [0.3, 0.4) is 0 Å². The lowest BCUT2D eigenvalue weighted by atomic mass is 9.90. The summed E-state index contributed by atoms with van der Waals surface area (Å²) in [5.74, 6) is 0.615. The van der Waals surface area contributed by atoms with Crippen LogP contribution in [0.1, 0.15) is 34.6 Å². The van der Waals surface area contributed by atoms with E-state index < -0.39 is 5.54 Å². The Morgan fingerprint density at radius 1 is 1.31 bits per heavy atom. The quantitative estimate of drug-likeness (QED) is 0.753. The van der Waals surface area contributed by atoms with Crippen molar-refractivity contribution in [3.8, 4) is 17.5 Å². The van der Waals surface area contributed by atoms with Gasteiger partial charge in [-0.15, -0.1) is 10.2 Å². The summed E-state index contributed by atoms with van der Waals surface area (Å²) in [5.41, 5.74) is 0.0992. The molecule has 0 spiro atoms. The topological polar surface area (TPSA) is 83.6 Å². The highest BCUT2D eigenvalue weighted by Crippen LogP contribution is 2.27. The zero-order valence-electron chi connectivity index (χ0n) is 15.9. The number of amides is 1. The fourth-order valence-corrected chi connectivity index (χ4v) is 3.25. The molecule has 0 radical (unpaired) electrons. The minimum Gasteiger partial charge on any atom is -0.337 e. The van der Waals surface area contributed by atoms with Gasteiger partial charge in [-0.1, -0.05) is 55.9 Å². The molecule has 1 N–H and O–H groups in total. The van der Waals surface area contributed by atoms with Crippen LogP contribution in [-0.2, 0) is 11.3 Å². The molecule has 2 aromatic rings. The van der Waals surface area contributed by atoms with Gasteiger partial charge in [0.25, 0.3) is 0 Å². The molecule has 0 bridgehead atoms. The average Bonchev–Trinajstić information content (AvgIpc) is 3.04. The Morgan fingerprint density at radius 2 is 1.96 bits per heavy atom. The van der Waals surface area contributed by atoms with Gasteiger partial charge >= 0.3 is 0 Å². The lowest BCUT2D eigenvalue weighted by Crippen LogP contribution is -2.51. The molecule has 0 saturated heterocycles. The molecule has 1 heterocycles. The maximum Gasteiger partial charge on any atom is 0.234 e. The number of hydrogen-bond donors (Lipinski definition) is 1. The number of nitrogens with one attached hydrogen (secondary N) is 1. The molecule has 138 valence electrons. The lowest BCUT2D eigenvalue weighted by Gasteiger charge is -2.28. The average molecular weight is 372 g/mol. The van der Waals surface area contributed by atoms with Gasteiger partial charge in [-0.05, 0) is 26.7 Å². The molecule has 1 aromatic carbocycles. The van der Waals surface area contributed by atoms with Gasteiger partial charge in [-0.25, -0.2) is 0 Å². The summed E-state index contributed by atoms with van der Waals surface area (Å²) in [7, 11) is 0. The smallest absolute Gasteiger partial charge is 0.234 e. The first-order valence-electron chi connectivity index (χ1n) is 8.71. The number of rotatable bonds is 7. The Bertz CT molecular complexity index is 796. The van der Waals surface area contributed by atoms with Gasteiger partial charge < -0.3 is 9.88 Å². The number of nitrogens with zero attached hydrogens (tertiary/aromatic N) is 4. The SMILES string of the molecule is CCn1c(S[C@H](C)C(=O)N[C@](C)(C#N)C(C)C)nnc1-c1ccccc1. The molecule has 1 amide bonds. The standard InChI is InChI=1S/C19H25N5OS/c1-6-24-16(15-10-8-7-9-11-15)22-23-18(24)26-14(4)17(25)21-19(5,12-20)13(2)3/h7-11,13-14H,6H2,1-5H3,(H,21,25)/t14-,19-/m1/s1. The highest BCUT2D eigenvalue weighted by Gasteiger charge is 2.32. The first-order valence-corrected chi connectivity index (χ1v) is 9.59. The lowest BCUT2D eigenvalue weighted by molar-refractivity contribution is -0.121. The van der Waals surface area contributed by atoms with Gasteiger partial charge in [-0.2, -0.15) is 5.26 Å². The van der Waals surface area contributed by atoms with Crippen molar-refractivity contribution < 1.29 is 4.79 Å². The summed E-state index contributed by atoms with van der Waals surface area (Å²) < 4.78 is 2.00. The minimum absolute atomic E-state index is 0.0117. The summed E-state index contributed by atoms with van der Waals surface area (Å²) >= 11 is 1.35. The molecule has 0 aliphatic rings. The molecular weight excluding hydrogens is 346 g/mol. The van der Waals surface area contributed by atoms with Crippen molar-refractivity contribution in [1.82, 2.24) is 20.1 Å². The Hall–Kier alpha value is -2.33. The third kappa shape index (κ3) is 4.25. The first kappa shape index (κ1) is 20.0. The maximum absolute atomic E-state index is 12.6. The van der Waals surface area contributed by atoms with Gasteiger partial charge in [0.15, 0.2) is 11.0 Å². The number of nitriles is 1. The molecule has 0 fully saturated rings. The minimum atomic E-state index is -0.889. The molecule has 0 aliphatic carbocycles. The van der Waals surface area contributed by atoms with Crippen molar-refractivity contribution in [2.45, 2.75) is 57.1 Å². The van der Waals surface area contributed by atoms with Crippen LogP contribution in [0.4, 0.5) is 0 Å². The molecule has 0 saturated carbocycles. The van der Waals surface area contributed by atoms with Crippen LogP contribution in [0.2, 0.25) is 0 Å². The van der Waals surface area contributed by atoms with Crippen molar-refractivity contribution in [2.75, 3.05) is 0 Å². The number of carbonyl (C=O) groups is 1. The van der Waals surface area contributed by atoms with Crippen molar-refractivity contribution >= 4 is 17.7 Å². The van der Waals surface area contributed by atoms with Gasteiger partial charge in [0.1, 0.15) is 5.54 Å². The number of benzene rings is 1. The predicted octanol–water partition coefficient (Wildman–Crippen LogP) is 3.50. The molecular formula is C19H25N5OS. The fraction of sp³-hybridized carbons (Fsp3) is 0.474. The molecule has 7 heteroatoms. The van der Waals surface area contributed by atoms with E-state index in [4.69, 9.17) is 0 Å². The second kappa shape index (κ2) is 8.37. The van der Waals surface area contributed by atoms with Crippen molar-refractivity contribution in [2.24, 2.45) is 5.92 Å². The molecule has 2 atom stereocenters. The van der Waals surface area contributed by atoms with Crippen molar-refractivity contribution in [3.05, 3.63) is 30.3 Å². The molecule has 6 nitrogen and oxygen atoms in total. The monoisotopic (exact) mass is 371 g/mol. The molecule has 0 unspecified atom stereocenters. The zero-order chi connectivity index (χ0) is 19.3.